The van der Waals surface area contributed by atoms with E-state index in [1.807, 2.05) is 30.5 Å². The van der Waals surface area contributed by atoms with Crippen LogP contribution in [-0.4, -0.2) is 12.2 Å². The van der Waals surface area contributed by atoms with Crippen molar-refractivity contribution >= 4 is 60.9 Å². The highest BCUT2D eigenvalue weighted by molar-refractivity contribution is 9.11. The van der Waals surface area contributed by atoms with E-state index in [0.29, 0.717) is 16.9 Å². The number of anilines is 2. The van der Waals surface area contributed by atoms with Gasteiger partial charge in [-0.3, -0.25) is 4.79 Å². The lowest BCUT2D eigenvalue weighted by atomic mass is 10.2. The number of hydrogen-bond donors (Lipinski definition) is 2. The van der Waals surface area contributed by atoms with Crippen LogP contribution in [0.5, 0.6) is 0 Å². The van der Waals surface area contributed by atoms with E-state index in [2.05, 4.69) is 37.2 Å². The third-order valence-electron chi connectivity index (χ3n) is 2.68. The average molecular weight is 416 g/mol. The molecule has 0 bridgehead atoms. The number of nitrogens with two attached hydrogens (primary N) is 1. The van der Waals surface area contributed by atoms with Gasteiger partial charge in [-0.25, -0.2) is 0 Å². The van der Waals surface area contributed by atoms with Crippen LogP contribution in [0.25, 0.3) is 0 Å². The second kappa shape index (κ2) is 6.65. The van der Waals surface area contributed by atoms with Crippen molar-refractivity contribution in [2.24, 2.45) is 0 Å². The summed E-state index contributed by atoms with van der Waals surface area (Å²) in [5, 5.41) is 2.85. The maximum absolute atomic E-state index is 12.4. The molecule has 1 amide bonds. The zero-order chi connectivity index (χ0) is 14.7. The molecule has 3 N–H and O–H groups in total. The molecule has 0 spiro atoms. The van der Waals surface area contributed by atoms with Gasteiger partial charge >= 0.3 is 0 Å². The molecular weight excluding hydrogens is 404 g/mol. The van der Waals surface area contributed by atoms with Crippen molar-refractivity contribution in [3.63, 3.8) is 0 Å². The number of carbonyl (C=O) groups excluding carboxylic acids is 1. The van der Waals surface area contributed by atoms with E-state index in [4.69, 9.17) is 5.73 Å². The van der Waals surface area contributed by atoms with Crippen LogP contribution in [0.4, 0.5) is 11.4 Å². The summed E-state index contributed by atoms with van der Waals surface area (Å²) in [6.07, 6.45) is 1.94. The fourth-order valence-corrected chi connectivity index (χ4v) is 3.69. The number of benzene rings is 2. The lowest BCUT2D eigenvalue weighted by molar-refractivity contribution is 0.102. The first kappa shape index (κ1) is 15.4. The number of nitrogen functional groups attached to an aromatic ring is 1. The van der Waals surface area contributed by atoms with Gasteiger partial charge in [-0.1, -0.05) is 28.1 Å². The summed E-state index contributed by atoms with van der Waals surface area (Å²) in [7, 11) is 0. The zero-order valence-electron chi connectivity index (χ0n) is 10.6. The average Bonchev–Trinajstić information content (AvgIpc) is 2.42. The molecule has 0 aliphatic carbocycles. The highest BCUT2D eigenvalue weighted by Gasteiger charge is 2.14. The molecule has 2 aromatic carbocycles. The largest absolute Gasteiger partial charge is 0.397 e. The molecular formula is C14H12Br2N2OS. The summed E-state index contributed by atoms with van der Waals surface area (Å²) in [6.45, 7) is 0. The van der Waals surface area contributed by atoms with Crippen LogP contribution in [0, 0.1) is 0 Å². The molecule has 2 aromatic rings. The predicted octanol–water partition coefficient (Wildman–Crippen LogP) is 4.77. The Morgan fingerprint density at radius 1 is 1.25 bits per heavy atom. The van der Waals surface area contributed by atoms with E-state index in [9.17, 15) is 4.79 Å². The number of thioether (sulfide) groups is 1. The van der Waals surface area contributed by atoms with Gasteiger partial charge in [0.2, 0.25) is 0 Å². The van der Waals surface area contributed by atoms with Gasteiger partial charge in [0.15, 0.2) is 0 Å². The molecule has 0 saturated heterocycles. The summed E-state index contributed by atoms with van der Waals surface area (Å²) in [4.78, 5) is 13.3. The Morgan fingerprint density at radius 3 is 2.60 bits per heavy atom. The SMILES string of the molecule is CSc1ccccc1C(=O)Nc1c(N)cc(Br)cc1Br. The normalized spacial score (nSPS) is 10.3. The predicted molar refractivity (Wildman–Crippen MR) is 92.4 cm³/mol. The zero-order valence-corrected chi connectivity index (χ0v) is 14.6. The third-order valence-corrected chi connectivity index (χ3v) is 4.55. The van der Waals surface area contributed by atoms with Crippen LogP contribution in [0.3, 0.4) is 0 Å². The van der Waals surface area contributed by atoms with Gasteiger partial charge in [-0.2, -0.15) is 0 Å². The summed E-state index contributed by atoms with van der Waals surface area (Å²) in [5.74, 6) is -0.176. The molecule has 0 aromatic heterocycles. The van der Waals surface area contributed by atoms with E-state index < -0.39 is 0 Å². The minimum absolute atomic E-state index is 0.176. The molecule has 20 heavy (non-hydrogen) atoms. The van der Waals surface area contributed by atoms with Gasteiger partial charge in [0.1, 0.15) is 0 Å². The molecule has 2 rings (SSSR count). The highest BCUT2D eigenvalue weighted by atomic mass is 79.9. The fourth-order valence-electron chi connectivity index (χ4n) is 1.74. The molecule has 104 valence electrons. The van der Waals surface area contributed by atoms with Crippen molar-refractivity contribution < 1.29 is 4.79 Å². The van der Waals surface area contributed by atoms with Crippen molar-refractivity contribution in [3.05, 3.63) is 50.9 Å². The lowest BCUT2D eigenvalue weighted by Crippen LogP contribution is -2.14. The van der Waals surface area contributed by atoms with Crippen LogP contribution >= 0.6 is 43.6 Å². The van der Waals surface area contributed by atoms with Crippen LogP contribution in [0.1, 0.15) is 10.4 Å². The Bertz CT molecular complexity index is 638. The molecule has 0 unspecified atom stereocenters. The van der Waals surface area contributed by atoms with Crippen molar-refractivity contribution in [1.29, 1.82) is 0 Å². The molecule has 0 fully saturated rings. The van der Waals surface area contributed by atoms with Gasteiger partial charge in [0.25, 0.3) is 5.91 Å². The Balaban J connectivity index is 2.33. The number of nitrogens with one attached hydrogen (secondary N) is 1. The highest BCUT2D eigenvalue weighted by Crippen LogP contribution is 2.33. The molecule has 0 aliphatic rings. The standard InChI is InChI=1S/C14H12Br2N2OS/c1-20-12-5-3-2-4-9(12)14(19)18-13-10(16)6-8(15)7-11(13)17/h2-7H,17H2,1H3,(H,18,19). The van der Waals surface area contributed by atoms with Crippen molar-refractivity contribution in [2.45, 2.75) is 4.90 Å². The summed E-state index contributed by atoms with van der Waals surface area (Å²) >= 11 is 8.29. The topological polar surface area (TPSA) is 55.1 Å². The fraction of sp³-hybridized carbons (Fsp3) is 0.0714. The van der Waals surface area contributed by atoms with E-state index in [-0.39, 0.29) is 5.91 Å². The maximum atomic E-state index is 12.4. The van der Waals surface area contributed by atoms with Gasteiger partial charge < -0.3 is 11.1 Å². The number of amides is 1. The molecule has 6 heteroatoms. The number of carbonyl (C=O) groups is 1. The van der Waals surface area contributed by atoms with Gasteiger partial charge in [-0.05, 0) is 46.5 Å². The molecule has 3 nitrogen and oxygen atoms in total. The van der Waals surface area contributed by atoms with Crippen molar-refractivity contribution in [1.82, 2.24) is 0 Å². The maximum Gasteiger partial charge on any atom is 0.256 e. The molecule has 0 heterocycles. The van der Waals surface area contributed by atoms with E-state index in [1.165, 1.54) is 11.8 Å². The molecule has 0 atom stereocenters. The van der Waals surface area contributed by atoms with Crippen LogP contribution in [0.2, 0.25) is 0 Å². The first-order valence-corrected chi connectivity index (χ1v) is 8.53. The second-order valence-electron chi connectivity index (χ2n) is 4.01. The Morgan fingerprint density at radius 2 is 1.95 bits per heavy atom. The lowest BCUT2D eigenvalue weighted by Gasteiger charge is -2.12. The Hall–Kier alpha value is -0.980. The van der Waals surface area contributed by atoms with E-state index in [0.717, 1.165) is 13.8 Å². The summed E-state index contributed by atoms with van der Waals surface area (Å²) < 4.78 is 1.59. The quantitative estimate of drug-likeness (QED) is 0.560. The molecule has 0 saturated carbocycles. The Labute approximate surface area is 138 Å². The first-order chi connectivity index (χ1) is 9.52. The number of hydrogen-bond acceptors (Lipinski definition) is 3. The Kier molecular flexibility index (Phi) is 5.12. The molecule has 0 aliphatic heterocycles. The van der Waals surface area contributed by atoms with E-state index in [1.54, 1.807) is 12.1 Å². The second-order valence-corrected chi connectivity index (χ2v) is 6.62. The van der Waals surface area contributed by atoms with Crippen LogP contribution in [-0.2, 0) is 0 Å². The number of halogens is 2. The first-order valence-electron chi connectivity index (χ1n) is 5.72. The van der Waals surface area contributed by atoms with Gasteiger partial charge in [0, 0.05) is 13.8 Å². The monoisotopic (exact) mass is 414 g/mol. The minimum atomic E-state index is -0.176. The van der Waals surface area contributed by atoms with Gasteiger partial charge in [-0.15, -0.1) is 11.8 Å². The van der Waals surface area contributed by atoms with Crippen molar-refractivity contribution in [3.8, 4) is 0 Å². The molecule has 0 radical (unpaired) electrons. The summed E-state index contributed by atoms with van der Waals surface area (Å²) in [5.41, 5.74) is 7.65. The van der Waals surface area contributed by atoms with Crippen molar-refractivity contribution in [2.75, 3.05) is 17.3 Å². The van der Waals surface area contributed by atoms with Crippen LogP contribution in [0.15, 0.2) is 50.2 Å². The van der Waals surface area contributed by atoms with Crippen LogP contribution < -0.4 is 11.1 Å². The smallest absolute Gasteiger partial charge is 0.256 e. The third kappa shape index (κ3) is 3.37. The minimum Gasteiger partial charge on any atom is -0.397 e. The summed E-state index contributed by atoms with van der Waals surface area (Å²) in [6, 6.07) is 11.1. The number of rotatable bonds is 3. The van der Waals surface area contributed by atoms with E-state index >= 15 is 0 Å². The van der Waals surface area contributed by atoms with Gasteiger partial charge in [0.05, 0.1) is 16.9 Å².